The van der Waals surface area contributed by atoms with Crippen molar-refractivity contribution in [2.75, 3.05) is 7.05 Å². The zero-order chi connectivity index (χ0) is 13.2. The van der Waals surface area contributed by atoms with E-state index in [4.69, 9.17) is 0 Å². The molecule has 0 radical (unpaired) electrons. The summed E-state index contributed by atoms with van der Waals surface area (Å²) in [5.41, 5.74) is 0. The van der Waals surface area contributed by atoms with Gasteiger partial charge in [-0.15, -0.1) is 0 Å². The SMILES string of the molecule is CC(C)C(C)N(C)S(=O)(=O)c1ccccc1F. The molecule has 5 heteroatoms. The topological polar surface area (TPSA) is 37.4 Å². The highest BCUT2D eigenvalue weighted by Crippen LogP contribution is 2.21. The van der Waals surface area contributed by atoms with E-state index in [-0.39, 0.29) is 16.9 Å². The molecule has 1 rings (SSSR count). The van der Waals surface area contributed by atoms with E-state index in [9.17, 15) is 12.8 Å². The predicted molar refractivity (Wildman–Crippen MR) is 65.6 cm³/mol. The Labute approximate surface area is 102 Å². The Balaban J connectivity index is 3.17. The molecule has 0 saturated carbocycles. The first-order valence-electron chi connectivity index (χ1n) is 5.51. The molecular weight excluding hydrogens is 241 g/mol. The third-order valence-electron chi connectivity index (χ3n) is 3.03. The summed E-state index contributed by atoms with van der Waals surface area (Å²) in [4.78, 5) is -0.269. The quantitative estimate of drug-likeness (QED) is 0.833. The van der Waals surface area contributed by atoms with E-state index in [2.05, 4.69) is 0 Å². The summed E-state index contributed by atoms with van der Waals surface area (Å²) in [7, 11) is -2.28. The molecule has 0 aromatic heterocycles. The lowest BCUT2D eigenvalue weighted by Gasteiger charge is -2.27. The summed E-state index contributed by atoms with van der Waals surface area (Å²) in [6, 6.07) is 5.25. The summed E-state index contributed by atoms with van der Waals surface area (Å²) in [5, 5.41) is 0. The van der Waals surface area contributed by atoms with Crippen LogP contribution in [0.1, 0.15) is 20.8 Å². The predicted octanol–water partition coefficient (Wildman–Crippen LogP) is 2.49. The molecule has 0 N–H and O–H groups in total. The van der Waals surface area contributed by atoms with Gasteiger partial charge in [-0.05, 0) is 25.0 Å². The van der Waals surface area contributed by atoms with E-state index in [1.807, 2.05) is 20.8 Å². The lowest BCUT2D eigenvalue weighted by atomic mass is 10.1. The fourth-order valence-corrected chi connectivity index (χ4v) is 3.00. The van der Waals surface area contributed by atoms with Gasteiger partial charge in [0.2, 0.25) is 10.0 Å². The van der Waals surface area contributed by atoms with Gasteiger partial charge in [-0.2, -0.15) is 4.31 Å². The van der Waals surface area contributed by atoms with Gasteiger partial charge in [0.1, 0.15) is 10.7 Å². The van der Waals surface area contributed by atoms with Crippen LogP contribution < -0.4 is 0 Å². The maximum absolute atomic E-state index is 13.5. The number of hydrogen-bond acceptors (Lipinski definition) is 2. The maximum Gasteiger partial charge on any atom is 0.245 e. The molecule has 0 fully saturated rings. The first kappa shape index (κ1) is 14.1. The van der Waals surface area contributed by atoms with Crippen LogP contribution in [0.4, 0.5) is 4.39 Å². The third kappa shape index (κ3) is 2.84. The van der Waals surface area contributed by atoms with Crippen molar-refractivity contribution in [3.8, 4) is 0 Å². The smallest absolute Gasteiger partial charge is 0.207 e. The van der Waals surface area contributed by atoms with Gasteiger partial charge in [0.15, 0.2) is 0 Å². The van der Waals surface area contributed by atoms with Crippen LogP contribution in [0.5, 0.6) is 0 Å². The Hall–Kier alpha value is -0.940. The molecule has 0 aliphatic carbocycles. The maximum atomic E-state index is 13.5. The van der Waals surface area contributed by atoms with Crippen molar-refractivity contribution >= 4 is 10.0 Å². The van der Waals surface area contributed by atoms with Crippen molar-refractivity contribution in [3.63, 3.8) is 0 Å². The lowest BCUT2D eigenvalue weighted by Crippen LogP contribution is -2.38. The van der Waals surface area contributed by atoms with Crippen molar-refractivity contribution in [2.24, 2.45) is 5.92 Å². The number of sulfonamides is 1. The highest BCUT2D eigenvalue weighted by Gasteiger charge is 2.28. The molecule has 96 valence electrons. The van der Waals surface area contributed by atoms with Crippen LogP contribution in [0.25, 0.3) is 0 Å². The average molecular weight is 259 g/mol. The Morgan fingerprint density at radius 3 is 2.18 bits per heavy atom. The van der Waals surface area contributed by atoms with Gasteiger partial charge in [-0.25, -0.2) is 12.8 Å². The first-order chi connectivity index (χ1) is 7.78. The van der Waals surface area contributed by atoms with Gasteiger partial charge in [-0.3, -0.25) is 0 Å². The van der Waals surface area contributed by atoms with Crippen molar-refractivity contribution < 1.29 is 12.8 Å². The highest BCUT2D eigenvalue weighted by atomic mass is 32.2. The molecule has 1 unspecified atom stereocenters. The van der Waals surface area contributed by atoms with Gasteiger partial charge < -0.3 is 0 Å². The number of rotatable bonds is 4. The minimum atomic E-state index is -3.76. The number of benzene rings is 1. The molecule has 3 nitrogen and oxygen atoms in total. The van der Waals surface area contributed by atoms with Crippen LogP contribution in [-0.4, -0.2) is 25.8 Å². The number of halogens is 1. The van der Waals surface area contributed by atoms with Gasteiger partial charge >= 0.3 is 0 Å². The van der Waals surface area contributed by atoms with Crippen LogP contribution in [0, 0.1) is 11.7 Å². The van der Waals surface area contributed by atoms with Crippen molar-refractivity contribution in [2.45, 2.75) is 31.7 Å². The normalized spacial score (nSPS) is 14.3. The van der Waals surface area contributed by atoms with Gasteiger partial charge in [0.05, 0.1) is 0 Å². The summed E-state index contributed by atoms with van der Waals surface area (Å²) < 4.78 is 39.1. The Kier molecular flexibility index (Phi) is 4.27. The summed E-state index contributed by atoms with van der Waals surface area (Å²) in [6.07, 6.45) is 0. The molecule has 0 aliphatic rings. The van der Waals surface area contributed by atoms with Crippen LogP contribution in [0.15, 0.2) is 29.2 Å². The Bertz CT molecular complexity index is 485. The van der Waals surface area contributed by atoms with Gasteiger partial charge in [0.25, 0.3) is 0 Å². The van der Waals surface area contributed by atoms with Crippen LogP contribution >= 0.6 is 0 Å². The lowest BCUT2D eigenvalue weighted by molar-refractivity contribution is 0.314. The number of hydrogen-bond donors (Lipinski definition) is 0. The Morgan fingerprint density at radius 2 is 1.71 bits per heavy atom. The highest BCUT2D eigenvalue weighted by molar-refractivity contribution is 7.89. The second kappa shape index (κ2) is 5.14. The van der Waals surface area contributed by atoms with E-state index in [1.165, 1.54) is 29.6 Å². The van der Waals surface area contributed by atoms with Crippen LogP contribution in [0.3, 0.4) is 0 Å². The van der Waals surface area contributed by atoms with Crippen molar-refractivity contribution in [3.05, 3.63) is 30.1 Å². The minimum absolute atomic E-state index is 0.168. The zero-order valence-corrected chi connectivity index (χ0v) is 11.3. The molecule has 1 atom stereocenters. The van der Waals surface area contributed by atoms with E-state index < -0.39 is 15.8 Å². The fourth-order valence-electron chi connectivity index (χ4n) is 1.45. The first-order valence-corrected chi connectivity index (χ1v) is 6.95. The molecule has 17 heavy (non-hydrogen) atoms. The molecule has 0 heterocycles. The average Bonchev–Trinajstić information content (AvgIpc) is 2.27. The van der Waals surface area contributed by atoms with Crippen LogP contribution in [-0.2, 0) is 10.0 Å². The standard InChI is InChI=1S/C12H18FNO2S/c1-9(2)10(3)14(4)17(15,16)12-8-6-5-7-11(12)13/h5-10H,1-4H3. The van der Waals surface area contributed by atoms with E-state index in [0.29, 0.717) is 0 Å². The molecule has 1 aromatic rings. The van der Waals surface area contributed by atoms with Crippen molar-refractivity contribution in [1.82, 2.24) is 4.31 Å². The summed E-state index contributed by atoms with van der Waals surface area (Å²) >= 11 is 0. The molecule has 0 bridgehead atoms. The molecule has 0 spiro atoms. The molecule has 0 amide bonds. The van der Waals surface area contributed by atoms with E-state index in [1.54, 1.807) is 0 Å². The second-order valence-corrected chi connectivity index (χ2v) is 6.40. The zero-order valence-electron chi connectivity index (χ0n) is 10.5. The monoisotopic (exact) mass is 259 g/mol. The summed E-state index contributed by atoms with van der Waals surface area (Å²) in [5.74, 6) is -0.545. The number of nitrogens with zero attached hydrogens (tertiary/aromatic N) is 1. The molecular formula is C12H18FNO2S. The van der Waals surface area contributed by atoms with Gasteiger partial charge in [-0.1, -0.05) is 26.0 Å². The van der Waals surface area contributed by atoms with E-state index in [0.717, 1.165) is 6.07 Å². The third-order valence-corrected chi connectivity index (χ3v) is 5.01. The molecule has 0 aliphatic heterocycles. The summed E-state index contributed by atoms with van der Waals surface area (Å²) in [6.45, 7) is 5.67. The van der Waals surface area contributed by atoms with E-state index >= 15 is 0 Å². The minimum Gasteiger partial charge on any atom is -0.207 e. The van der Waals surface area contributed by atoms with Gasteiger partial charge in [0, 0.05) is 13.1 Å². The fraction of sp³-hybridized carbons (Fsp3) is 0.500. The second-order valence-electron chi connectivity index (χ2n) is 4.44. The molecule has 1 aromatic carbocycles. The largest absolute Gasteiger partial charge is 0.245 e. The van der Waals surface area contributed by atoms with Crippen molar-refractivity contribution in [1.29, 1.82) is 0 Å². The molecule has 0 saturated heterocycles. The van der Waals surface area contributed by atoms with Crippen LogP contribution in [0.2, 0.25) is 0 Å². The Morgan fingerprint density at radius 1 is 1.18 bits per heavy atom.